The minimum atomic E-state index is -3.62. The molecule has 7 nitrogen and oxygen atoms in total. The molecule has 2 amide bonds. The second-order valence-corrected chi connectivity index (χ2v) is 10.1. The van der Waals surface area contributed by atoms with Crippen molar-refractivity contribution in [3.8, 4) is 0 Å². The van der Waals surface area contributed by atoms with Crippen molar-refractivity contribution < 1.29 is 22.4 Å². The predicted molar refractivity (Wildman–Crippen MR) is 123 cm³/mol. The number of piperidine rings is 1. The van der Waals surface area contributed by atoms with Crippen molar-refractivity contribution in [3.63, 3.8) is 0 Å². The average molecular weight is 476 g/mol. The molecule has 178 valence electrons. The largest absolute Gasteiger partial charge is 0.348 e. The lowest BCUT2D eigenvalue weighted by molar-refractivity contribution is -0.139. The Labute approximate surface area is 194 Å². The highest BCUT2D eigenvalue weighted by molar-refractivity contribution is 7.89. The van der Waals surface area contributed by atoms with Crippen molar-refractivity contribution in [2.75, 3.05) is 19.6 Å². The average Bonchev–Trinajstić information content (AvgIpc) is 2.80. The monoisotopic (exact) mass is 475 g/mol. The molecule has 1 unspecified atom stereocenters. The van der Waals surface area contributed by atoms with Gasteiger partial charge in [-0.05, 0) is 62.4 Å². The van der Waals surface area contributed by atoms with Crippen molar-refractivity contribution in [3.05, 3.63) is 65.5 Å². The Hall–Kier alpha value is -2.78. The molecule has 1 heterocycles. The highest BCUT2D eigenvalue weighted by Crippen LogP contribution is 2.27. The Bertz CT molecular complexity index is 1060. The maximum atomic E-state index is 13.1. The molecule has 2 N–H and O–H groups in total. The summed E-state index contributed by atoms with van der Waals surface area (Å²) in [4.78, 5) is 24.4. The first-order valence-electron chi connectivity index (χ1n) is 11.2. The lowest BCUT2D eigenvalue weighted by Gasteiger charge is -2.34. The SMILES string of the molecule is Cc1ccc(S(=O)(=O)N2CCCCC2CCNC(=O)C(=O)NCCc2ccc(F)cc2)cc1. The van der Waals surface area contributed by atoms with Crippen molar-refractivity contribution in [2.45, 2.75) is 50.0 Å². The van der Waals surface area contributed by atoms with Crippen LogP contribution in [0.2, 0.25) is 0 Å². The van der Waals surface area contributed by atoms with Gasteiger partial charge < -0.3 is 10.6 Å². The number of nitrogens with one attached hydrogen (secondary N) is 2. The molecule has 0 spiro atoms. The van der Waals surface area contributed by atoms with Crippen LogP contribution in [0.1, 0.15) is 36.8 Å². The quantitative estimate of drug-likeness (QED) is 0.574. The molecule has 0 aliphatic carbocycles. The van der Waals surface area contributed by atoms with Crippen LogP contribution in [0.4, 0.5) is 4.39 Å². The normalized spacial score (nSPS) is 16.8. The minimum Gasteiger partial charge on any atom is -0.348 e. The molecule has 33 heavy (non-hydrogen) atoms. The number of carbonyl (C=O) groups is 2. The van der Waals surface area contributed by atoms with E-state index in [1.807, 2.05) is 6.92 Å². The van der Waals surface area contributed by atoms with Gasteiger partial charge in [-0.25, -0.2) is 12.8 Å². The van der Waals surface area contributed by atoms with Crippen LogP contribution in [0.25, 0.3) is 0 Å². The number of aryl methyl sites for hydroxylation is 1. The summed E-state index contributed by atoms with van der Waals surface area (Å²) in [7, 11) is -3.62. The third kappa shape index (κ3) is 6.85. The van der Waals surface area contributed by atoms with E-state index in [-0.39, 0.29) is 29.8 Å². The number of hydrogen-bond donors (Lipinski definition) is 2. The second-order valence-electron chi connectivity index (χ2n) is 8.26. The molecule has 2 aromatic rings. The zero-order valence-corrected chi connectivity index (χ0v) is 19.5. The highest BCUT2D eigenvalue weighted by atomic mass is 32.2. The van der Waals surface area contributed by atoms with Gasteiger partial charge in [-0.1, -0.05) is 36.2 Å². The maximum absolute atomic E-state index is 13.1. The Morgan fingerprint density at radius 3 is 2.27 bits per heavy atom. The molecule has 1 saturated heterocycles. The summed E-state index contributed by atoms with van der Waals surface area (Å²) in [5.41, 5.74) is 1.84. The number of rotatable bonds is 8. The maximum Gasteiger partial charge on any atom is 0.309 e. The van der Waals surface area contributed by atoms with E-state index in [1.165, 1.54) is 16.4 Å². The number of hydrogen-bond acceptors (Lipinski definition) is 4. The number of halogens is 1. The smallest absolute Gasteiger partial charge is 0.309 e. The van der Waals surface area contributed by atoms with Gasteiger partial charge in [0.2, 0.25) is 10.0 Å². The molecule has 1 aliphatic rings. The minimum absolute atomic E-state index is 0.203. The van der Waals surface area contributed by atoms with Crippen molar-refractivity contribution >= 4 is 21.8 Å². The lowest BCUT2D eigenvalue weighted by Crippen LogP contribution is -2.46. The Morgan fingerprint density at radius 1 is 0.970 bits per heavy atom. The molecule has 0 radical (unpaired) electrons. The molecule has 0 saturated carbocycles. The molecule has 1 fully saturated rings. The molecule has 9 heteroatoms. The van der Waals surface area contributed by atoms with Crippen molar-refractivity contribution in [1.82, 2.24) is 14.9 Å². The number of carbonyl (C=O) groups excluding carboxylic acids is 2. The van der Waals surface area contributed by atoms with Gasteiger partial charge >= 0.3 is 11.8 Å². The first-order valence-corrected chi connectivity index (χ1v) is 12.6. The van der Waals surface area contributed by atoms with Gasteiger partial charge in [0.1, 0.15) is 5.82 Å². The third-order valence-corrected chi connectivity index (χ3v) is 7.75. The molecule has 2 aromatic carbocycles. The number of benzene rings is 2. The Balaban J connectivity index is 1.47. The summed E-state index contributed by atoms with van der Waals surface area (Å²) in [6.45, 7) is 2.80. The summed E-state index contributed by atoms with van der Waals surface area (Å²) in [6.07, 6.45) is 3.34. The van der Waals surface area contributed by atoms with E-state index in [9.17, 15) is 22.4 Å². The van der Waals surface area contributed by atoms with Crippen LogP contribution in [-0.2, 0) is 26.0 Å². The first kappa shape index (κ1) is 24.9. The van der Waals surface area contributed by atoms with Crippen LogP contribution in [0.15, 0.2) is 53.4 Å². The van der Waals surface area contributed by atoms with Gasteiger partial charge in [-0.15, -0.1) is 0 Å². The molecule has 3 rings (SSSR count). The second kappa shape index (κ2) is 11.4. The Morgan fingerprint density at radius 2 is 1.61 bits per heavy atom. The summed E-state index contributed by atoms with van der Waals surface area (Å²) in [6, 6.07) is 12.5. The van der Waals surface area contributed by atoms with E-state index >= 15 is 0 Å². The molecule has 0 bridgehead atoms. The fourth-order valence-electron chi connectivity index (χ4n) is 3.91. The summed E-state index contributed by atoms with van der Waals surface area (Å²) >= 11 is 0. The van der Waals surface area contributed by atoms with Gasteiger partial charge in [0.15, 0.2) is 0 Å². The molecule has 0 aromatic heterocycles. The predicted octanol–water partition coefficient (Wildman–Crippen LogP) is 2.54. The first-order chi connectivity index (χ1) is 15.8. The van der Waals surface area contributed by atoms with E-state index in [1.54, 1.807) is 36.4 Å². The molecule has 1 atom stereocenters. The van der Waals surface area contributed by atoms with Crippen LogP contribution in [0.3, 0.4) is 0 Å². The molecular weight excluding hydrogens is 445 g/mol. The van der Waals surface area contributed by atoms with E-state index in [0.29, 0.717) is 25.8 Å². The topological polar surface area (TPSA) is 95.6 Å². The molecule has 1 aliphatic heterocycles. The standard InChI is InChI=1S/C24H30FN3O4S/c1-18-5-11-22(12-6-18)33(31,32)28-17-3-2-4-21(28)14-16-27-24(30)23(29)26-15-13-19-7-9-20(25)10-8-19/h5-12,21H,2-4,13-17H2,1H3,(H,26,29)(H,27,30). The van der Waals surface area contributed by atoms with Gasteiger partial charge in [0, 0.05) is 25.7 Å². The van der Waals surface area contributed by atoms with Gasteiger partial charge in [0.25, 0.3) is 0 Å². The summed E-state index contributed by atoms with van der Waals surface area (Å²) in [5, 5.41) is 5.13. The van der Waals surface area contributed by atoms with Crippen LogP contribution >= 0.6 is 0 Å². The van der Waals surface area contributed by atoms with Crippen molar-refractivity contribution in [2.24, 2.45) is 0 Å². The van der Waals surface area contributed by atoms with Crippen LogP contribution < -0.4 is 10.6 Å². The summed E-state index contributed by atoms with van der Waals surface area (Å²) in [5.74, 6) is -1.83. The lowest BCUT2D eigenvalue weighted by atomic mass is 10.0. The highest BCUT2D eigenvalue weighted by Gasteiger charge is 2.33. The number of sulfonamides is 1. The number of nitrogens with zero attached hydrogens (tertiary/aromatic N) is 1. The third-order valence-electron chi connectivity index (χ3n) is 5.78. The molecular formula is C24H30FN3O4S. The zero-order chi connectivity index (χ0) is 23.8. The fraction of sp³-hybridized carbons (Fsp3) is 0.417. The van der Waals surface area contributed by atoms with E-state index in [2.05, 4.69) is 10.6 Å². The van der Waals surface area contributed by atoms with E-state index in [0.717, 1.165) is 24.0 Å². The summed E-state index contributed by atoms with van der Waals surface area (Å²) < 4.78 is 40.7. The van der Waals surface area contributed by atoms with Gasteiger partial charge in [-0.2, -0.15) is 4.31 Å². The Kier molecular flexibility index (Phi) is 8.57. The van der Waals surface area contributed by atoms with Crippen LogP contribution in [-0.4, -0.2) is 50.2 Å². The van der Waals surface area contributed by atoms with Crippen LogP contribution in [0, 0.1) is 12.7 Å². The fourth-order valence-corrected chi connectivity index (χ4v) is 5.63. The van der Waals surface area contributed by atoms with Crippen LogP contribution in [0.5, 0.6) is 0 Å². The van der Waals surface area contributed by atoms with Crippen molar-refractivity contribution in [1.29, 1.82) is 0 Å². The van der Waals surface area contributed by atoms with Gasteiger partial charge in [-0.3, -0.25) is 9.59 Å². The van der Waals surface area contributed by atoms with Gasteiger partial charge in [0.05, 0.1) is 4.90 Å². The zero-order valence-electron chi connectivity index (χ0n) is 18.7. The van der Waals surface area contributed by atoms with E-state index < -0.39 is 21.8 Å². The van der Waals surface area contributed by atoms with E-state index in [4.69, 9.17) is 0 Å². The number of amides is 2.